The van der Waals surface area contributed by atoms with E-state index in [-0.39, 0.29) is 5.41 Å². The molecule has 27 heavy (non-hydrogen) atoms. The van der Waals surface area contributed by atoms with Crippen LogP contribution in [-0.4, -0.2) is 34.9 Å². The summed E-state index contributed by atoms with van der Waals surface area (Å²) in [6.07, 6.45) is 5.55. The van der Waals surface area contributed by atoms with E-state index >= 15 is 0 Å². The van der Waals surface area contributed by atoms with Crippen LogP contribution in [0.2, 0.25) is 0 Å². The van der Waals surface area contributed by atoms with Gasteiger partial charge in [-0.2, -0.15) is 0 Å². The Labute approximate surface area is 161 Å². The van der Waals surface area contributed by atoms with Gasteiger partial charge in [-0.15, -0.1) is 0 Å². The van der Waals surface area contributed by atoms with Crippen LogP contribution in [0.25, 0.3) is 0 Å². The number of rotatable bonds is 3. The average molecular weight is 361 g/mol. The Morgan fingerprint density at radius 3 is 2.85 bits per heavy atom. The number of phenolic OH excluding ortho intramolecular Hbond substituents is 1. The predicted octanol–water partition coefficient (Wildman–Crippen LogP) is 3.87. The first kappa shape index (κ1) is 17.0. The number of aromatic hydroxyl groups is 1. The van der Waals surface area contributed by atoms with E-state index in [0.29, 0.717) is 29.9 Å². The summed E-state index contributed by atoms with van der Waals surface area (Å²) >= 11 is 0. The van der Waals surface area contributed by atoms with Crippen molar-refractivity contribution >= 4 is 5.78 Å². The first-order valence-electron chi connectivity index (χ1n) is 10.3. The summed E-state index contributed by atoms with van der Waals surface area (Å²) in [4.78, 5) is 15.1. The van der Waals surface area contributed by atoms with Gasteiger partial charge < -0.3 is 5.11 Å². The second-order valence-corrected chi connectivity index (χ2v) is 8.65. The molecular weight excluding hydrogens is 334 g/mol. The van der Waals surface area contributed by atoms with Gasteiger partial charge in [-0.3, -0.25) is 9.69 Å². The van der Waals surface area contributed by atoms with Crippen LogP contribution in [0.3, 0.4) is 0 Å². The number of nitrogens with zero attached hydrogens (tertiary/aromatic N) is 1. The molecule has 2 aromatic carbocycles. The SMILES string of the molecule is O=C1CC[C@H]2[C@H]3Cc4ccc(O)cc4[C@@]2(CCN3CCc2ccccc2)C1. The Bertz CT molecular complexity index is 862. The maximum atomic E-state index is 12.4. The molecule has 1 N–H and O–H groups in total. The van der Waals surface area contributed by atoms with E-state index in [0.717, 1.165) is 45.2 Å². The normalized spacial score (nSPS) is 29.9. The van der Waals surface area contributed by atoms with E-state index in [2.05, 4.69) is 41.3 Å². The third kappa shape index (κ3) is 2.80. The van der Waals surface area contributed by atoms with Crippen molar-refractivity contribution in [3.8, 4) is 5.75 Å². The van der Waals surface area contributed by atoms with Crippen LogP contribution in [0.5, 0.6) is 5.75 Å². The molecule has 2 aliphatic carbocycles. The molecule has 0 aromatic heterocycles. The van der Waals surface area contributed by atoms with E-state index < -0.39 is 0 Å². The number of piperidine rings is 1. The van der Waals surface area contributed by atoms with Crippen molar-refractivity contribution in [3.05, 3.63) is 65.2 Å². The average Bonchev–Trinajstić information content (AvgIpc) is 2.68. The number of likely N-dealkylation sites (tertiary alicyclic amines) is 1. The highest BCUT2D eigenvalue weighted by atomic mass is 16.3. The molecule has 2 bridgehead atoms. The van der Waals surface area contributed by atoms with Crippen molar-refractivity contribution in [2.24, 2.45) is 5.92 Å². The molecule has 0 radical (unpaired) electrons. The fourth-order valence-electron chi connectivity index (χ4n) is 6.09. The highest BCUT2D eigenvalue weighted by Gasteiger charge is 2.55. The molecule has 1 aliphatic heterocycles. The van der Waals surface area contributed by atoms with E-state index in [1.807, 2.05) is 12.1 Å². The Balaban J connectivity index is 1.47. The summed E-state index contributed by atoms with van der Waals surface area (Å²) in [7, 11) is 0. The Morgan fingerprint density at radius 1 is 1.15 bits per heavy atom. The highest BCUT2D eigenvalue weighted by molar-refractivity contribution is 5.81. The van der Waals surface area contributed by atoms with Gasteiger partial charge in [0.1, 0.15) is 11.5 Å². The molecule has 5 rings (SSSR count). The molecule has 140 valence electrons. The van der Waals surface area contributed by atoms with Crippen molar-refractivity contribution in [1.29, 1.82) is 0 Å². The molecule has 2 fully saturated rings. The summed E-state index contributed by atoms with van der Waals surface area (Å²) < 4.78 is 0. The molecule has 3 atom stereocenters. The highest BCUT2D eigenvalue weighted by Crippen LogP contribution is 2.55. The van der Waals surface area contributed by atoms with Gasteiger partial charge in [0.2, 0.25) is 0 Å². The minimum Gasteiger partial charge on any atom is -0.508 e. The molecule has 1 saturated heterocycles. The van der Waals surface area contributed by atoms with Crippen LogP contribution in [0.15, 0.2) is 48.5 Å². The maximum absolute atomic E-state index is 12.4. The molecule has 1 saturated carbocycles. The predicted molar refractivity (Wildman–Crippen MR) is 106 cm³/mol. The number of phenols is 1. The van der Waals surface area contributed by atoms with Crippen molar-refractivity contribution in [2.45, 2.75) is 50.0 Å². The van der Waals surface area contributed by atoms with E-state index in [9.17, 15) is 9.90 Å². The summed E-state index contributed by atoms with van der Waals surface area (Å²) in [6, 6.07) is 17.1. The zero-order valence-corrected chi connectivity index (χ0v) is 15.7. The molecule has 0 spiro atoms. The van der Waals surface area contributed by atoms with Crippen LogP contribution in [-0.2, 0) is 23.1 Å². The van der Waals surface area contributed by atoms with Gasteiger partial charge >= 0.3 is 0 Å². The smallest absolute Gasteiger partial charge is 0.133 e. The largest absolute Gasteiger partial charge is 0.508 e. The maximum Gasteiger partial charge on any atom is 0.133 e. The topological polar surface area (TPSA) is 40.5 Å². The third-order valence-electron chi connectivity index (χ3n) is 7.32. The molecule has 0 amide bonds. The third-order valence-corrected chi connectivity index (χ3v) is 7.32. The van der Waals surface area contributed by atoms with Gasteiger partial charge in [0, 0.05) is 30.8 Å². The van der Waals surface area contributed by atoms with Crippen molar-refractivity contribution in [2.75, 3.05) is 13.1 Å². The summed E-state index contributed by atoms with van der Waals surface area (Å²) in [5.74, 6) is 1.28. The van der Waals surface area contributed by atoms with Crippen LogP contribution < -0.4 is 0 Å². The van der Waals surface area contributed by atoms with Crippen molar-refractivity contribution < 1.29 is 9.90 Å². The number of carbonyl (C=O) groups is 1. The lowest BCUT2D eigenvalue weighted by Crippen LogP contribution is -2.62. The van der Waals surface area contributed by atoms with Crippen LogP contribution >= 0.6 is 0 Å². The zero-order chi connectivity index (χ0) is 18.4. The van der Waals surface area contributed by atoms with E-state index in [1.165, 1.54) is 16.7 Å². The minimum atomic E-state index is -0.0461. The van der Waals surface area contributed by atoms with Gasteiger partial charge in [0.25, 0.3) is 0 Å². The Kier molecular flexibility index (Phi) is 4.08. The Hall–Kier alpha value is -2.13. The summed E-state index contributed by atoms with van der Waals surface area (Å²) in [5.41, 5.74) is 3.96. The van der Waals surface area contributed by atoms with Gasteiger partial charge in [0.05, 0.1) is 0 Å². The summed E-state index contributed by atoms with van der Waals surface area (Å²) in [5, 5.41) is 10.1. The fraction of sp³-hybridized carbons (Fsp3) is 0.458. The lowest BCUT2D eigenvalue weighted by Gasteiger charge is -2.58. The molecule has 3 aliphatic rings. The zero-order valence-electron chi connectivity index (χ0n) is 15.7. The van der Waals surface area contributed by atoms with E-state index in [4.69, 9.17) is 0 Å². The molecule has 0 unspecified atom stereocenters. The van der Waals surface area contributed by atoms with Crippen molar-refractivity contribution in [3.63, 3.8) is 0 Å². The summed E-state index contributed by atoms with van der Waals surface area (Å²) in [6.45, 7) is 2.14. The van der Waals surface area contributed by atoms with Gasteiger partial charge in [-0.05, 0) is 67.0 Å². The van der Waals surface area contributed by atoms with Gasteiger partial charge in [-0.25, -0.2) is 0 Å². The monoisotopic (exact) mass is 361 g/mol. The van der Waals surface area contributed by atoms with Gasteiger partial charge in [-0.1, -0.05) is 36.4 Å². The number of hydrogen-bond acceptors (Lipinski definition) is 3. The first-order chi connectivity index (χ1) is 13.2. The van der Waals surface area contributed by atoms with Crippen molar-refractivity contribution in [1.82, 2.24) is 4.90 Å². The molecule has 3 heteroatoms. The molecule has 2 aromatic rings. The number of fused-ring (bicyclic) bond motifs is 1. The fourth-order valence-corrected chi connectivity index (χ4v) is 6.09. The first-order valence-corrected chi connectivity index (χ1v) is 10.3. The Morgan fingerprint density at radius 2 is 2.00 bits per heavy atom. The molecule has 1 heterocycles. The molecular formula is C24H27NO2. The second-order valence-electron chi connectivity index (χ2n) is 8.65. The number of ketones is 1. The van der Waals surface area contributed by atoms with E-state index in [1.54, 1.807) is 0 Å². The van der Waals surface area contributed by atoms with Gasteiger partial charge in [0.15, 0.2) is 0 Å². The lowest BCUT2D eigenvalue weighted by molar-refractivity contribution is -0.127. The number of Topliss-reactive ketones (excluding diaryl/α,β-unsaturated/α-hetero) is 1. The van der Waals surface area contributed by atoms with Crippen LogP contribution in [0, 0.1) is 5.92 Å². The van der Waals surface area contributed by atoms with Crippen LogP contribution in [0.1, 0.15) is 42.4 Å². The second kappa shape index (κ2) is 6.49. The quantitative estimate of drug-likeness (QED) is 0.902. The minimum absolute atomic E-state index is 0.0461. The van der Waals surface area contributed by atoms with Crippen LogP contribution in [0.4, 0.5) is 0 Å². The number of benzene rings is 2. The number of hydrogen-bond donors (Lipinski definition) is 1. The molecule has 3 nitrogen and oxygen atoms in total. The standard InChI is InChI=1S/C24H27NO2/c26-19-7-6-18-14-23-21-9-8-20(27)16-24(21,22(18)15-19)11-13-25(23)12-10-17-4-2-1-3-5-17/h1-7,15,21,23,26H,8-14,16H2/t21-,23+,24-/m0/s1. The number of carbonyl (C=O) groups excluding carboxylic acids is 1. The lowest BCUT2D eigenvalue weighted by atomic mass is 9.52.